The largest absolute Gasteiger partial charge is 0.493 e. The van der Waals surface area contributed by atoms with Crippen LogP contribution in [-0.2, 0) is 0 Å². The fourth-order valence-electron chi connectivity index (χ4n) is 3.88. The number of pyridine rings is 1. The minimum absolute atomic E-state index is 0.144. The zero-order chi connectivity index (χ0) is 25.8. The van der Waals surface area contributed by atoms with Crippen LogP contribution in [0.15, 0.2) is 65.9 Å². The van der Waals surface area contributed by atoms with E-state index in [1.54, 1.807) is 36.5 Å². The molecule has 0 fully saturated rings. The lowest BCUT2D eigenvalue weighted by Gasteiger charge is -2.13. The van der Waals surface area contributed by atoms with Crippen molar-refractivity contribution in [2.24, 2.45) is 0 Å². The van der Waals surface area contributed by atoms with Crippen molar-refractivity contribution in [1.82, 2.24) is 15.6 Å². The molecule has 184 valence electrons. The predicted molar refractivity (Wildman–Crippen MR) is 134 cm³/mol. The van der Waals surface area contributed by atoms with Crippen LogP contribution in [0.5, 0.6) is 11.6 Å². The van der Waals surface area contributed by atoms with E-state index in [0.29, 0.717) is 45.8 Å². The molecule has 0 spiro atoms. The summed E-state index contributed by atoms with van der Waals surface area (Å²) in [5, 5.41) is 5.67. The highest BCUT2D eigenvalue weighted by Gasteiger charge is 2.24. The van der Waals surface area contributed by atoms with E-state index in [2.05, 4.69) is 22.2 Å². The quantitative estimate of drug-likeness (QED) is 0.363. The molecule has 2 amide bonds. The van der Waals surface area contributed by atoms with Gasteiger partial charge in [-0.2, -0.15) is 0 Å². The lowest BCUT2D eigenvalue weighted by atomic mass is 9.99. The first kappa shape index (κ1) is 24.5. The van der Waals surface area contributed by atoms with Crippen LogP contribution in [0.1, 0.15) is 27.6 Å². The normalized spacial score (nSPS) is 10.7. The number of carbonyl (C=O) groups is 2. The van der Waals surface area contributed by atoms with Gasteiger partial charge in [0, 0.05) is 41.4 Å². The second-order valence-corrected chi connectivity index (χ2v) is 7.63. The van der Waals surface area contributed by atoms with Crippen molar-refractivity contribution in [2.45, 2.75) is 6.92 Å². The van der Waals surface area contributed by atoms with Gasteiger partial charge >= 0.3 is 0 Å². The van der Waals surface area contributed by atoms with Crippen LogP contribution in [0.2, 0.25) is 0 Å². The smallest absolute Gasteiger partial charge is 0.260 e. The summed E-state index contributed by atoms with van der Waals surface area (Å²) in [7, 11) is 2.94. The number of fused-ring (bicyclic) bond motifs is 1. The zero-order valence-electron chi connectivity index (χ0n) is 20.0. The Morgan fingerprint density at radius 1 is 1.14 bits per heavy atom. The fourth-order valence-corrected chi connectivity index (χ4v) is 3.88. The zero-order valence-corrected chi connectivity index (χ0v) is 20.0. The summed E-state index contributed by atoms with van der Waals surface area (Å²) < 4.78 is 30.7. The molecule has 4 rings (SSSR count). The van der Waals surface area contributed by atoms with Gasteiger partial charge in [-0.05, 0) is 49.5 Å². The number of aromatic nitrogens is 1. The summed E-state index contributed by atoms with van der Waals surface area (Å²) in [4.78, 5) is 29.8. The van der Waals surface area contributed by atoms with Gasteiger partial charge in [0.2, 0.25) is 5.88 Å². The SMILES string of the molecule is C=CNC(=O)c1cc(-c2cc3c(C(=O)NC)c(-c4ccc(F)cc4)oc3cc2OCC)cnc1OC. The molecule has 36 heavy (non-hydrogen) atoms. The molecule has 2 N–H and O–H groups in total. The molecule has 0 radical (unpaired) electrons. The average Bonchev–Trinajstić information content (AvgIpc) is 3.26. The van der Waals surface area contributed by atoms with Crippen LogP contribution < -0.4 is 20.1 Å². The first-order valence-electron chi connectivity index (χ1n) is 11.1. The number of furan rings is 1. The molecule has 0 aliphatic carbocycles. The maximum Gasteiger partial charge on any atom is 0.260 e. The van der Waals surface area contributed by atoms with E-state index < -0.39 is 11.7 Å². The molecule has 4 aromatic rings. The van der Waals surface area contributed by atoms with E-state index in [1.807, 2.05) is 6.92 Å². The Labute approximate surface area is 206 Å². The minimum atomic E-state index is -0.441. The number of ether oxygens (including phenoxy) is 2. The van der Waals surface area contributed by atoms with E-state index in [4.69, 9.17) is 13.9 Å². The van der Waals surface area contributed by atoms with Gasteiger partial charge in [0.05, 0.1) is 19.3 Å². The fraction of sp³-hybridized carbons (Fsp3) is 0.148. The van der Waals surface area contributed by atoms with Gasteiger partial charge in [0.1, 0.15) is 28.5 Å². The molecule has 0 bridgehead atoms. The average molecular weight is 490 g/mol. The molecule has 8 nitrogen and oxygen atoms in total. The van der Waals surface area contributed by atoms with Crippen molar-refractivity contribution in [2.75, 3.05) is 20.8 Å². The highest BCUT2D eigenvalue weighted by Crippen LogP contribution is 2.41. The highest BCUT2D eigenvalue weighted by atomic mass is 19.1. The highest BCUT2D eigenvalue weighted by molar-refractivity contribution is 6.12. The van der Waals surface area contributed by atoms with E-state index in [-0.39, 0.29) is 22.9 Å². The number of rotatable bonds is 8. The van der Waals surface area contributed by atoms with Crippen LogP contribution in [-0.4, -0.2) is 37.6 Å². The Balaban J connectivity index is 1.98. The third kappa shape index (κ3) is 4.50. The number of methoxy groups -OCH3 is 1. The molecule has 2 aromatic carbocycles. The molecule has 0 saturated carbocycles. The molecule has 0 aliphatic rings. The van der Waals surface area contributed by atoms with Gasteiger partial charge in [-0.25, -0.2) is 9.37 Å². The van der Waals surface area contributed by atoms with Crippen molar-refractivity contribution in [3.05, 3.63) is 78.4 Å². The Kier molecular flexibility index (Phi) is 7.00. The standard InChI is InChI=1S/C27H24FN3O5/c1-5-30-25(32)20-11-16(14-31-27(20)34-4)18-12-19-22(13-21(18)35-6-2)36-24(23(19)26(33)29-3)15-7-9-17(28)10-8-15/h5,7-14H,1,6H2,2-4H3,(H,29,33)(H,30,32). The van der Waals surface area contributed by atoms with E-state index in [9.17, 15) is 14.0 Å². The summed E-state index contributed by atoms with van der Waals surface area (Å²) in [6, 6.07) is 10.7. The van der Waals surface area contributed by atoms with Gasteiger partial charge < -0.3 is 24.5 Å². The number of carbonyl (C=O) groups excluding carboxylic acids is 2. The first-order chi connectivity index (χ1) is 17.4. The number of amides is 2. The lowest BCUT2D eigenvalue weighted by molar-refractivity contribution is 0.0957. The molecule has 0 atom stereocenters. The molecule has 2 heterocycles. The topological polar surface area (TPSA) is 103 Å². The van der Waals surface area contributed by atoms with Crippen LogP contribution >= 0.6 is 0 Å². The molecular formula is C27H24FN3O5. The third-order valence-electron chi connectivity index (χ3n) is 5.48. The summed E-state index contributed by atoms with van der Waals surface area (Å²) in [5.41, 5.74) is 2.58. The Morgan fingerprint density at radius 2 is 1.89 bits per heavy atom. The van der Waals surface area contributed by atoms with Gasteiger partial charge in [-0.1, -0.05) is 6.58 Å². The molecule has 9 heteroatoms. The summed E-state index contributed by atoms with van der Waals surface area (Å²) >= 11 is 0. The summed E-state index contributed by atoms with van der Waals surface area (Å²) in [5.74, 6) is -0.311. The second kappa shape index (κ2) is 10.3. The second-order valence-electron chi connectivity index (χ2n) is 7.63. The van der Waals surface area contributed by atoms with Crippen molar-refractivity contribution < 1.29 is 27.9 Å². The van der Waals surface area contributed by atoms with Crippen molar-refractivity contribution in [3.8, 4) is 34.1 Å². The van der Waals surface area contributed by atoms with E-state index in [0.717, 1.165) is 0 Å². The molecular weight excluding hydrogens is 465 g/mol. The molecule has 0 aliphatic heterocycles. The molecule has 0 saturated heterocycles. The molecule has 0 unspecified atom stereocenters. The maximum atomic E-state index is 13.5. The number of nitrogens with one attached hydrogen (secondary N) is 2. The van der Waals surface area contributed by atoms with Crippen molar-refractivity contribution in [1.29, 1.82) is 0 Å². The third-order valence-corrected chi connectivity index (χ3v) is 5.48. The predicted octanol–water partition coefficient (Wildman–Crippen LogP) is 4.94. The molecule has 2 aromatic heterocycles. The Hall–Kier alpha value is -4.66. The Bertz CT molecular complexity index is 1460. The minimum Gasteiger partial charge on any atom is -0.493 e. The maximum absolute atomic E-state index is 13.5. The van der Waals surface area contributed by atoms with Crippen LogP contribution in [0.3, 0.4) is 0 Å². The number of hydrogen-bond donors (Lipinski definition) is 2. The van der Waals surface area contributed by atoms with Gasteiger partial charge in [0.15, 0.2) is 0 Å². The van der Waals surface area contributed by atoms with Crippen LogP contribution in [0.25, 0.3) is 33.4 Å². The number of benzene rings is 2. The van der Waals surface area contributed by atoms with E-state index >= 15 is 0 Å². The number of halogens is 1. The summed E-state index contributed by atoms with van der Waals surface area (Å²) in [6.07, 6.45) is 2.82. The van der Waals surface area contributed by atoms with Crippen LogP contribution in [0.4, 0.5) is 4.39 Å². The van der Waals surface area contributed by atoms with Gasteiger partial charge in [-0.15, -0.1) is 0 Å². The van der Waals surface area contributed by atoms with Crippen molar-refractivity contribution in [3.63, 3.8) is 0 Å². The number of hydrogen-bond acceptors (Lipinski definition) is 6. The monoisotopic (exact) mass is 489 g/mol. The van der Waals surface area contributed by atoms with Gasteiger partial charge in [-0.3, -0.25) is 9.59 Å². The summed E-state index contributed by atoms with van der Waals surface area (Å²) in [6.45, 7) is 5.72. The van der Waals surface area contributed by atoms with Gasteiger partial charge in [0.25, 0.3) is 11.8 Å². The van der Waals surface area contributed by atoms with Crippen LogP contribution in [0, 0.1) is 5.82 Å². The number of nitrogens with zero attached hydrogens (tertiary/aromatic N) is 1. The van der Waals surface area contributed by atoms with Crippen molar-refractivity contribution >= 4 is 22.8 Å². The first-order valence-corrected chi connectivity index (χ1v) is 11.1. The Morgan fingerprint density at radius 3 is 2.53 bits per heavy atom. The lowest BCUT2D eigenvalue weighted by Crippen LogP contribution is -2.18. The van der Waals surface area contributed by atoms with E-state index in [1.165, 1.54) is 32.5 Å².